The fourth-order valence-corrected chi connectivity index (χ4v) is 3.44. The topological polar surface area (TPSA) is 59.2 Å². The van der Waals surface area contributed by atoms with Crippen LogP contribution in [0.25, 0.3) is 11.0 Å². The van der Waals surface area contributed by atoms with Gasteiger partial charge in [-0.25, -0.2) is 0 Å². The van der Waals surface area contributed by atoms with Crippen molar-refractivity contribution >= 4 is 16.9 Å². The molecule has 0 bridgehead atoms. The number of hydrogen-bond donors (Lipinski definition) is 0. The van der Waals surface area contributed by atoms with Crippen molar-refractivity contribution in [1.82, 2.24) is 14.9 Å². The van der Waals surface area contributed by atoms with Gasteiger partial charge in [0.1, 0.15) is 5.76 Å². The number of fused-ring (bicyclic) bond motifs is 1. The predicted octanol–water partition coefficient (Wildman–Crippen LogP) is 4.89. The number of aromatic nitrogens is 2. The second kappa shape index (κ2) is 8.69. The van der Waals surface area contributed by atoms with Crippen molar-refractivity contribution in [2.45, 2.75) is 32.4 Å². The van der Waals surface area contributed by atoms with Crippen molar-refractivity contribution in [2.75, 3.05) is 0 Å². The molecule has 0 radical (unpaired) electrons. The Morgan fingerprint density at radius 1 is 1.00 bits per heavy atom. The van der Waals surface area contributed by atoms with Crippen LogP contribution in [0.5, 0.6) is 0 Å². The van der Waals surface area contributed by atoms with Crippen molar-refractivity contribution in [1.29, 1.82) is 0 Å². The molecule has 0 aliphatic heterocycles. The largest absolute Gasteiger partial charge is 0.467 e. The van der Waals surface area contributed by atoms with Crippen molar-refractivity contribution in [3.05, 3.63) is 96.2 Å². The zero-order valence-corrected chi connectivity index (χ0v) is 16.4. The number of rotatable bonds is 7. The Bertz CT molecular complexity index is 1080. The van der Waals surface area contributed by atoms with E-state index in [4.69, 9.17) is 4.42 Å². The zero-order valence-electron chi connectivity index (χ0n) is 16.4. The van der Waals surface area contributed by atoms with Gasteiger partial charge >= 0.3 is 0 Å². The number of benzene rings is 2. The third-order valence-electron chi connectivity index (χ3n) is 5.11. The standard InChI is InChI=1S/C24H23N3O2/c1-18(9-10-19-6-3-2-4-7-19)27(17-21-8-5-15-29-21)24(28)20-11-12-22-23(16-20)26-14-13-25-22/h2-8,11-16,18H,9-10,17H2,1H3/t18-/m1/s1. The quantitative estimate of drug-likeness (QED) is 0.455. The van der Waals surface area contributed by atoms with E-state index in [-0.39, 0.29) is 11.9 Å². The molecule has 2 heterocycles. The van der Waals surface area contributed by atoms with Crippen LogP contribution in [0.2, 0.25) is 0 Å². The molecule has 1 amide bonds. The van der Waals surface area contributed by atoms with Gasteiger partial charge in [0, 0.05) is 24.0 Å². The fraction of sp³-hybridized carbons (Fsp3) is 0.208. The van der Waals surface area contributed by atoms with E-state index in [2.05, 4.69) is 29.0 Å². The van der Waals surface area contributed by atoms with E-state index in [1.807, 2.05) is 53.4 Å². The van der Waals surface area contributed by atoms with Crippen LogP contribution >= 0.6 is 0 Å². The summed E-state index contributed by atoms with van der Waals surface area (Å²) >= 11 is 0. The van der Waals surface area contributed by atoms with Gasteiger partial charge in [0.2, 0.25) is 0 Å². The van der Waals surface area contributed by atoms with Crippen LogP contribution in [0, 0.1) is 0 Å². The first-order chi connectivity index (χ1) is 14.2. The van der Waals surface area contributed by atoms with Gasteiger partial charge < -0.3 is 9.32 Å². The van der Waals surface area contributed by atoms with E-state index in [0.717, 1.165) is 24.1 Å². The van der Waals surface area contributed by atoms with Gasteiger partial charge in [-0.15, -0.1) is 0 Å². The van der Waals surface area contributed by atoms with Crippen LogP contribution in [0.15, 0.2) is 83.7 Å². The first kappa shape index (κ1) is 18.9. The SMILES string of the molecule is C[C@H](CCc1ccccc1)N(Cc1ccco1)C(=O)c1ccc2nccnc2c1. The number of nitrogens with zero attached hydrogens (tertiary/aromatic N) is 3. The summed E-state index contributed by atoms with van der Waals surface area (Å²) in [6, 6.07) is 19.6. The first-order valence-corrected chi connectivity index (χ1v) is 9.79. The van der Waals surface area contributed by atoms with Crippen molar-refractivity contribution in [3.63, 3.8) is 0 Å². The lowest BCUT2D eigenvalue weighted by atomic mass is 10.0. The minimum Gasteiger partial charge on any atom is -0.467 e. The molecule has 0 aliphatic rings. The Labute approximate surface area is 170 Å². The van der Waals surface area contributed by atoms with Gasteiger partial charge in [-0.05, 0) is 55.7 Å². The Kier molecular flexibility index (Phi) is 5.66. The maximum absolute atomic E-state index is 13.4. The monoisotopic (exact) mass is 385 g/mol. The summed E-state index contributed by atoms with van der Waals surface area (Å²) < 4.78 is 5.52. The summed E-state index contributed by atoms with van der Waals surface area (Å²) in [6.07, 6.45) is 6.70. The molecule has 0 N–H and O–H groups in total. The van der Waals surface area contributed by atoms with Gasteiger partial charge in [0.05, 0.1) is 23.8 Å². The van der Waals surface area contributed by atoms with E-state index in [9.17, 15) is 4.79 Å². The van der Waals surface area contributed by atoms with E-state index >= 15 is 0 Å². The van der Waals surface area contributed by atoms with E-state index in [1.54, 1.807) is 18.7 Å². The van der Waals surface area contributed by atoms with Crippen LogP contribution in [0.4, 0.5) is 0 Å². The number of furan rings is 1. The lowest BCUT2D eigenvalue weighted by molar-refractivity contribution is 0.0652. The van der Waals surface area contributed by atoms with Gasteiger partial charge in [-0.1, -0.05) is 30.3 Å². The predicted molar refractivity (Wildman–Crippen MR) is 112 cm³/mol. The van der Waals surface area contributed by atoms with Crippen LogP contribution in [-0.2, 0) is 13.0 Å². The summed E-state index contributed by atoms with van der Waals surface area (Å²) in [5.74, 6) is 0.736. The molecule has 0 unspecified atom stereocenters. The maximum atomic E-state index is 13.4. The molecule has 0 saturated heterocycles. The summed E-state index contributed by atoms with van der Waals surface area (Å²) in [5, 5.41) is 0. The average Bonchev–Trinajstić information content (AvgIpc) is 3.29. The number of carbonyl (C=O) groups excluding carboxylic acids is 1. The molecule has 0 spiro atoms. The molecule has 1 atom stereocenters. The van der Waals surface area contributed by atoms with Crippen molar-refractivity contribution < 1.29 is 9.21 Å². The number of carbonyl (C=O) groups is 1. The first-order valence-electron chi connectivity index (χ1n) is 9.79. The molecule has 0 aliphatic carbocycles. The Hall–Kier alpha value is -3.47. The summed E-state index contributed by atoms with van der Waals surface area (Å²) in [7, 11) is 0. The molecule has 5 nitrogen and oxygen atoms in total. The maximum Gasteiger partial charge on any atom is 0.254 e. The van der Waals surface area contributed by atoms with E-state index < -0.39 is 0 Å². The summed E-state index contributed by atoms with van der Waals surface area (Å²) in [6.45, 7) is 2.52. The van der Waals surface area contributed by atoms with Crippen LogP contribution in [0.3, 0.4) is 0 Å². The smallest absolute Gasteiger partial charge is 0.254 e. The second-order valence-corrected chi connectivity index (χ2v) is 7.15. The molecule has 2 aromatic heterocycles. The second-order valence-electron chi connectivity index (χ2n) is 7.15. The minimum atomic E-state index is -0.0329. The molecular formula is C24H23N3O2. The number of hydrogen-bond acceptors (Lipinski definition) is 4. The highest BCUT2D eigenvalue weighted by Gasteiger charge is 2.23. The average molecular weight is 385 g/mol. The molecule has 4 rings (SSSR count). The molecule has 0 fully saturated rings. The van der Waals surface area contributed by atoms with Crippen molar-refractivity contribution in [3.8, 4) is 0 Å². The normalized spacial score (nSPS) is 12.0. The third-order valence-corrected chi connectivity index (χ3v) is 5.11. The number of amides is 1. The van der Waals surface area contributed by atoms with Gasteiger partial charge in [0.25, 0.3) is 5.91 Å². The minimum absolute atomic E-state index is 0.0329. The Morgan fingerprint density at radius 3 is 2.55 bits per heavy atom. The van der Waals surface area contributed by atoms with Gasteiger partial charge in [-0.3, -0.25) is 14.8 Å². The van der Waals surface area contributed by atoms with Crippen LogP contribution in [-0.4, -0.2) is 26.8 Å². The van der Waals surface area contributed by atoms with Crippen LogP contribution in [0.1, 0.15) is 35.0 Å². The Balaban J connectivity index is 1.57. The van der Waals surface area contributed by atoms with Crippen LogP contribution < -0.4 is 0 Å². The lowest BCUT2D eigenvalue weighted by Crippen LogP contribution is -2.38. The fourth-order valence-electron chi connectivity index (χ4n) is 3.44. The highest BCUT2D eigenvalue weighted by molar-refractivity contribution is 5.97. The lowest BCUT2D eigenvalue weighted by Gasteiger charge is -2.29. The van der Waals surface area contributed by atoms with Gasteiger partial charge in [-0.2, -0.15) is 0 Å². The van der Waals surface area contributed by atoms with Crippen molar-refractivity contribution in [2.24, 2.45) is 0 Å². The Morgan fingerprint density at radius 2 is 1.79 bits per heavy atom. The summed E-state index contributed by atoms with van der Waals surface area (Å²) in [4.78, 5) is 23.9. The van der Waals surface area contributed by atoms with E-state index in [1.165, 1.54) is 5.56 Å². The summed E-state index contributed by atoms with van der Waals surface area (Å²) in [5.41, 5.74) is 3.37. The highest BCUT2D eigenvalue weighted by Crippen LogP contribution is 2.19. The highest BCUT2D eigenvalue weighted by atomic mass is 16.3. The molecule has 29 heavy (non-hydrogen) atoms. The molecule has 4 aromatic rings. The molecule has 146 valence electrons. The molecule has 2 aromatic carbocycles. The molecular weight excluding hydrogens is 362 g/mol. The zero-order chi connectivity index (χ0) is 20.1. The van der Waals surface area contributed by atoms with Gasteiger partial charge in [0.15, 0.2) is 0 Å². The molecule has 5 heteroatoms. The van der Waals surface area contributed by atoms with E-state index in [0.29, 0.717) is 17.6 Å². The molecule has 0 saturated carbocycles. The third kappa shape index (κ3) is 4.51. The number of aryl methyl sites for hydroxylation is 1.